The number of para-hydroxylation sites is 1. The summed E-state index contributed by atoms with van der Waals surface area (Å²) in [6, 6.07) is 13.2. The van der Waals surface area contributed by atoms with Crippen molar-refractivity contribution >= 4 is 23.2 Å². The van der Waals surface area contributed by atoms with Gasteiger partial charge < -0.3 is 10.1 Å². The lowest BCUT2D eigenvalue weighted by Gasteiger charge is -2.18. The van der Waals surface area contributed by atoms with Gasteiger partial charge in [-0.05, 0) is 43.8 Å². The molecule has 2 aromatic rings. The van der Waals surface area contributed by atoms with E-state index in [1.807, 2.05) is 55.3 Å². The van der Waals surface area contributed by atoms with Gasteiger partial charge in [0.1, 0.15) is 5.75 Å². The van der Waals surface area contributed by atoms with Gasteiger partial charge in [0.05, 0.1) is 13.7 Å². The lowest BCUT2D eigenvalue weighted by molar-refractivity contribution is -0.117. The second kappa shape index (κ2) is 7.99. The summed E-state index contributed by atoms with van der Waals surface area (Å²) < 4.78 is 5.33. The molecule has 0 aromatic heterocycles. The molecular weight excluding hydrogens is 312 g/mol. The van der Waals surface area contributed by atoms with Gasteiger partial charge in [0.2, 0.25) is 5.91 Å². The molecule has 5 heteroatoms. The molecule has 0 aliphatic rings. The first-order valence-corrected chi connectivity index (χ1v) is 7.74. The van der Waals surface area contributed by atoms with E-state index < -0.39 is 0 Å². The molecule has 1 N–H and O–H groups in total. The molecule has 0 aliphatic carbocycles. The van der Waals surface area contributed by atoms with Crippen LogP contribution in [0.15, 0.2) is 42.5 Å². The van der Waals surface area contributed by atoms with Crippen LogP contribution < -0.4 is 10.1 Å². The standard InChI is InChI=1S/C18H21ClN2O2/c1-13-6-4-5-7-16(13)20-18(22)12-21(2)11-14-10-15(19)8-9-17(14)23-3/h4-10H,11-12H2,1-3H3,(H,20,22). The number of nitrogens with one attached hydrogen (secondary N) is 1. The number of methoxy groups -OCH3 is 1. The molecule has 0 bridgehead atoms. The van der Waals surface area contributed by atoms with Crippen LogP contribution in [0.4, 0.5) is 5.69 Å². The monoisotopic (exact) mass is 332 g/mol. The number of hydrogen-bond donors (Lipinski definition) is 1. The zero-order valence-electron chi connectivity index (χ0n) is 13.6. The van der Waals surface area contributed by atoms with Gasteiger partial charge in [0.25, 0.3) is 0 Å². The Labute approximate surface area is 142 Å². The number of hydrogen-bond acceptors (Lipinski definition) is 3. The maximum absolute atomic E-state index is 12.2. The molecule has 2 rings (SSSR count). The van der Waals surface area contributed by atoms with E-state index >= 15 is 0 Å². The summed E-state index contributed by atoms with van der Waals surface area (Å²) >= 11 is 6.03. The largest absolute Gasteiger partial charge is 0.496 e. The number of ether oxygens (including phenoxy) is 1. The second-order valence-electron chi connectivity index (χ2n) is 5.49. The third-order valence-corrected chi connectivity index (χ3v) is 3.75. The van der Waals surface area contributed by atoms with Crippen molar-refractivity contribution in [2.75, 3.05) is 26.0 Å². The molecule has 0 saturated heterocycles. The van der Waals surface area contributed by atoms with Crippen LogP contribution in [0.1, 0.15) is 11.1 Å². The predicted molar refractivity (Wildman–Crippen MR) is 94.1 cm³/mol. The number of carbonyl (C=O) groups excluding carboxylic acids is 1. The van der Waals surface area contributed by atoms with Crippen molar-refractivity contribution < 1.29 is 9.53 Å². The molecule has 1 amide bonds. The highest BCUT2D eigenvalue weighted by Gasteiger charge is 2.11. The highest BCUT2D eigenvalue weighted by molar-refractivity contribution is 6.30. The van der Waals surface area contributed by atoms with Crippen molar-refractivity contribution in [3.8, 4) is 5.75 Å². The van der Waals surface area contributed by atoms with E-state index in [0.29, 0.717) is 11.6 Å². The number of amides is 1. The van der Waals surface area contributed by atoms with Gasteiger partial charge in [-0.3, -0.25) is 9.69 Å². The molecule has 0 atom stereocenters. The van der Waals surface area contributed by atoms with E-state index in [9.17, 15) is 4.79 Å². The van der Waals surface area contributed by atoms with E-state index in [1.165, 1.54) is 0 Å². The van der Waals surface area contributed by atoms with E-state index in [4.69, 9.17) is 16.3 Å². The Morgan fingerprint density at radius 3 is 2.70 bits per heavy atom. The minimum atomic E-state index is -0.0530. The van der Waals surface area contributed by atoms with Crippen LogP contribution >= 0.6 is 11.6 Å². The van der Waals surface area contributed by atoms with Crippen LogP contribution in [-0.2, 0) is 11.3 Å². The molecule has 0 unspecified atom stereocenters. The number of nitrogens with zero attached hydrogens (tertiary/aromatic N) is 1. The summed E-state index contributed by atoms with van der Waals surface area (Å²) in [6.45, 7) is 2.82. The number of anilines is 1. The lowest BCUT2D eigenvalue weighted by Crippen LogP contribution is -2.30. The average Bonchev–Trinajstić information content (AvgIpc) is 2.49. The molecule has 2 aromatic carbocycles. The van der Waals surface area contributed by atoms with Crippen molar-refractivity contribution in [2.45, 2.75) is 13.5 Å². The molecular formula is C18H21ClN2O2. The smallest absolute Gasteiger partial charge is 0.238 e. The van der Waals surface area contributed by atoms with Gasteiger partial charge in [-0.2, -0.15) is 0 Å². The SMILES string of the molecule is COc1ccc(Cl)cc1CN(C)CC(=O)Nc1ccccc1C. The fourth-order valence-electron chi connectivity index (χ4n) is 2.37. The van der Waals surface area contributed by atoms with E-state index in [0.717, 1.165) is 22.6 Å². The third kappa shape index (κ3) is 4.98. The number of halogens is 1. The maximum Gasteiger partial charge on any atom is 0.238 e. The van der Waals surface area contributed by atoms with Crippen molar-refractivity contribution in [1.82, 2.24) is 4.90 Å². The summed E-state index contributed by atoms with van der Waals surface area (Å²) in [5, 5.41) is 3.58. The molecule has 0 radical (unpaired) electrons. The van der Waals surface area contributed by atoms with E-state index in [1.54, 1.807) is 13.2 Å². The molecule has 122 valence electrons. The van der Waals surface area contributed by atoms with E-state index in [2.05, 4.69) is 5.32 Å². The fraction of sp³-hybridized carbons (Fsp3) is 0.278. The Hall–Kier alpha value is -2.04. The summed E-state index contributed by atoms with van der Waals surface area (Å²) in [5.41, 5.74) is 2.83. The fourth-order valence-corrected chi connectivity index (χ4v) is 2.56. The topological polar surface area (TPSA) is 41.6 Å². The lowest BCUT2D eigenvalue weighted by atomic mass is 10.2. The third-order valence-electron chi connectivity index (χ3n) is 3.52. The number of carbonyl (C=O) groups is 1. The highest BCUT2D eigenvalue weighted by atomic mass is 35.5. The highest BCUT2D eigenvalue weighted by Crippen LogP contribution is 2.23. The first-order valence-electron chi connectivity index (χ1n) is 7.36. The van der Waals surface area contributed by atoms with Crippen molar-refractivity contribution in [1.29, 1.82) is 0 Å². The molecule has 0 heterocycles. The Kier molecular flexibility index (Phi) is 6.02. The van der Waals surface area contributed by atoms with Crippen LogP contribution in [0.3, 0.4) is 0 Å². The van der Waals surface area contributed by atoms with Crippen LogP contribution in [-0.4, -0.2) is 31.5 Å². The van der Waals surface area contributed by atoms with Gasteiger partial charge in [-0.15, -0.1) is 0 Å². The molecule has 23 heavy (non-hydrogen) atoms. The molecule has 0 aliphatic heterocycles. The second-order valence-corrected chi connectivity index (χ2v) is 5.93. The van der Waals surface area contributed by atoms with Crippen molar-refractivity contribution in [3.63, 3.8) is 0 Å². The van der Waals surface area contributed by atoms with Crippen molar-refractivity contribution in [3.05, 3.63) is 58.6 Å². The maximum atomic E-state index is 12.2. The van der Waals surface area contributed by atoms with E-state index in [-0.39, 0.29) is 12.5 Å². The molecule has 0 fully saturated rings. The van der Waals surface area contributed by atoms with Crippen LogP contribution in [0.2, 0.25) is 5.02 Å². The first kappa shape index (κ1) is 17.3. The Morgan fingerprint density at radius 2 is 2.00 bits per heavy atom. The number of benzene rings is 2. The average molecular weight is 333 g/mol. The summed E-state index contributed by atoms with van der Waals surface area (Å²) in [4.78, 5) is 14.1. The van der Waals surface area contributed by atoms with Gasteiger partial charge in [-0.25, -0.2) is 0 Å². The summed E-state index contributed by atoms with van der Waals surface area (Å²) in [6.07, 6.45) is 0. The van der Waals surface area contributed by atoms with Crippen LogP contribution in [0, 0.1) is 6.92 Å². The molecule has 0 saturated carbocycles. The quantitative estimate of drug-likeness (QED) is 0.876. The summed E-state index contributed by atoms with van der Waals surface area (Å²) in [7, 11) is 3.51. The first-order chi connectivity index (χ1) is 11.0. The molecule has 4 nitrogen and oxygen atoms in total. The molecule has 0 spiro atoms. The van der Waals surface area contributed by atoms with Gasteiger partial charge in [0, 0.05) is 22.8 Å². The van der Waals surface area contributed by atoms with Gasteiger partial charge in [0.15, 0.2) is 0 Å². The van der Waals surface area contributed by atoms with Crippen LogP contribution in [0.25, 0.3) is 0 Å². The number of aryl methyl sites for hydroxylation is 1. The van der Waals surface area contributed by atoms with Crippen LogP contribution in [0.5, 0.6) is 5.75 Å². The zero-order chi connectivity index (χ0) is 16.8. The minimum absolute atomic E-state index is 0.0530. The predicted octanol–water partition coefficient (Wildman–Crippen LogP) is 3.73. The number of rotatable bonds is 6. The Balaban J connectivity index is 1.97. The van der Waals surface area contributed by atoms with Gasteiger partial charge >= 0.3 is 0 Å². The normalized spacial score (nSPS) is 10.7. The van der Waals surface area contributed by atoms with Crippen molar-refractivity contribution in [2.24, 2.45) is 0 Å². The van der Waals surface area contributed by atoms with Gasteiger partial charge in [-0.1, -0.05) is 29.8 Å². The summed E-state index contributed by atoms with van der Waals surface area (Å²) in [5.74, 6) is 0.711. The minimum Gasteiger partial charge on any atom is -0.496 e. The Morgan fingerprint density at radius 1 is 1.26 bits per heavy atom. The zero-order valence-corrected chi connectivity index (χ0v) is 14.4. The Bertz CT molecular complexity index is 688. The number of likely N-dealkylation sites (N-methyl/N-ethyl adjacent to an activating group) is 1.